The maximum Gasteiger partial charge on any atom is 0.131 e. The van der Waals surface area contributed by atoms with E-state index < -0.39 is 11.7 Å². The van der Waals surface area contributed by atoms with Crippen molar-refractivity contribution >= 4 is 12.2 Å². The lowest BCUT2D eigenvalue weighted by Gasteiger charge is -2.38. The molecule has 3 nitrogen and oxygen atoms in total. The standard InChI is InChI=1S/C24H28O3/c1-16(2)10-13-19-21(25)14-18(12-11-17-8-6-5-7-9-17)20-15-22(26)24(3,4)27-23(19)20/h5-12,14,22,25-26H,13,15H2,1-4H3/b12-11+/t22-/m1/s1. The van der Waals surface area contributed by atoms with Gasteiger partial charge >= 0.3 is 0 Å². The normalized spacial score (nSPS) is 18.0. The molecule has 1 atom stereocenters. The minimum Gasteiger partial charge on any atom is -0.507 e. The molecule has 27 heavy (non-hydrogen) atoms. The van der Waals surface area contributed by atoms with Crippen molar-refractivity contribution in [3.05, 3.63) is 70.3 Å². The zero-order chi connectivity index (χ0) is 19.6. The smallest absolute Gasteiger partial charge is 0.131 e. The second-order valence-corrected chi connectivity index (χ2v) is 7.93. The number of phenolic OH excluding ortho intramolecular Hbond substituents is 1. The lowest BCUT2D eigenvalue weighted by atomic mass is 9.86. The Morgan fingerprint density at radius 1 is 1.19 bits per heavy atom. The van der Waals surface area contributed by atoms with Gasteiger partial charge in [0.1, 0.15) is 17.1 Å². The second kappa shape index (κ2) is 7.61. The molecule has 0 saturated heterocycles. The van der Waals surface area contributed by atoms with Crippen LogP contribution in [0.15, 0.2) is 48.0 Å². The molecule has 3 rings (SSSR count). The average Bonchev–Trinajstić information content (AvgIpc) is 2.61. The van der Waals surface area contributed by atoms with Crippen LogP contribution in [-0.4, -0.2) is 21.9 Å². The first-order valence-corrected chi connectivity index (χ1v) is 9.39. The van der Waals surface area contributed by atoms with Gasteiger partial charge in [-0.3, -0.25) is 0 Å². The number of benzene rings is 2. The first-order valence-electron chi connectivity index (χ1n) is 9.39. The summed E-state index contributed by atoms with van der Waals surface area (Å²) >= 11 is 0. The van der Waals surface area contributed by atoms with Gasteiger partial charge < -0.3 is 14.9 Å². The molecule has 0 aromatic heterocycles. The molecule has 1 aliphatic rings. The minimum atomic E-state index is -0.694. The molecular weight excluding hydrogens is 336 g/mol. The van der Waals surface area contributed by atoms with Crippen LogP contribution in [0, 0.1) is 0 Å². The molecule has 142 valence electrons. The van der Waals surface area contributed by atoms with Crippen LogP contribution in [0.5, 0.6) is 11.5 Å². The third kappa shape index (κ3) is 4.25. The van der Waals surface area contributed by atoms with E-state index in [1.165, 1.54) is 5.57 Å². The average molecular weight is 364 g/mol. The highest BCUT2D eigenvalue weighted by Gasteiger charge is 2.38. The summed E-state index contributed by atoms with van der Waals surface area (Å²) in [7, 11) is 0. The molecular formula is C24H28O3. The number of fused-ring (bicyclic) bond motifs is 1. The van der Waals surface area contributed by atoms with Crippen LogP contribution in [0.1, 0.15) is 49.9 Å². The van der Waals surface area contributed by atoms with Crippen molar-refractivity contribution in [2.75, 3.05) is 0 Å². The van der Waals surface area contributed by atoms with Gasteiger partial charge in [0.05, 0.1) is 6.10 Å². The first kappa shape index (κ1) is 19.2. The van der Waals surface area contributed by atoms with E-state index in [9.17, 15) is 10.2 Å². The van der Waals surface area contributed by atoms with E-state index in [2.05, 4.69) is 6.08 Å². The lowest BCUT2D eigenvalue weighted by molar-refractivity contribution is -0.0418. The molecule has 0 saturated carbocycles. The maximum atomic E-state index is 10.7. The Labute approximate surface area is 161 Å². The Bertz CT molecular complexity index is 872. The molecule has 2 N–H and O–H groups in total. The molecule has 0 aliphatic carbocycles. The van der Waals surface area contributed by atoms with Crippen molar-refractivity contribution < 1.29 is 14.9 Å². The molecule has 2 aromatic carbocycles. The van der Waals surface area contributed by atoms with E-state index >= 15 is 0 Å². The van der Waals surface area contributed by atoms with Crippen LogP contribution in [0.2, 0.25) is 0 Å². The van der Waals surface area contributed by atoms with Crippen molar-refractivity contribution in [3.8, 4) is 11.5 Å². The molecule has 0 fully saturated rings. The molecule has 2 aromatic rings. The monoisotopic (exact) mass is 364 g/mol. The van der Waals surface area contributed by atoms with Crippen molar-refractivity contribution in [1.29, 1.82) is 0 Å². The summed E-state index contributed by atoms with van der Waals surface area (Å²) in [5.41, 5.74) is 4.18. The van der Waals surface area contributed by atoms with Crippen LogP contribution in [0.3, 0.4) is 0 Å². The maximum absolute atomic E-state index is 10.7. The number of phenols is 1. The zero-order valence-corrected chi connectivity index (χ0v) is 16.5. The molecule has 0 radical (unpaired) electrons. The van der Waals surface area contributed by atoms with Gasteiger partial charge in [-0.25, -0.2) is 0 Å². The Kier molecular flexibility index (Phi) is 5.43. The summed E-state index contributed by atoms with van der Waals surface area (Å²) in [4.78, 5) is 0. The van der Waals surface area contributed by atoms with E-state index in [4.69, 9.17) is 4.74 Å². The highest BCUT2D eigenvalue weighted by molar-refractivity contribution is 5.75. The molecule has 0 amide bonds. The third-order valence-corrected chi connectivity index (χ3v) is 5.03. The molecule has 0 bridgehead atoms. The first-order chi connectivity index (χ1) is 12.8. The van der Waals surface area contributed by atoms with E-state index in [0.717, 1.165) is 22.3 Å². The van der Waals surface area contributed by atoms with Crippen LogP contribution in [0.4, 0.5) is 0 Å². The summed E-state index contributed by atoms with van der Waals surface area (Å²) in [5.74, 6) is 0.932. The fourth-order valence-corrected chi connectivity index (χ4v) is 3.26. The van der Waals surface area contributed by atoms with Crippen LogP contribution in [-0.2, 0) is 12.8 Å². The van der Waals surface area contributed by atoms with Gasteiger partial charge in [-0.15, -0.1) is 0 Å². The zero-order valence-electron chi connectivity index (χ0n) is 16.5. The predicted octanol–water partition coefficient (Wildman–Crippen LogP) is 5.15. The van der Waals surface area contributed by atoms with Gasteiger partial charge in [-0.1, -0.05) is 54.1 Å². The summed E-state index contributed by atoms with van der Waals surface area (Å²) in [6, 6.07) is 11.8. The highest BCUT2D eigenvalue weighted by atomic mass is 16.5. The number of aromatic hydroxyl groups is 1. The Morgan fingerprint density at radius 2 is 1.89 bits per heavy atom. The Balaban J connectivity index is 2.09. The number of allylic oxidation sites excluding steroid dienone is 2. The SMILES string of the molecule is CC(C)=CCc1c(O)cc(/C=C/c2ccccc2)c2c1OC(C)(C)[C@H](O)C2. The van der Waals surface area contributed by atoms with Gasteiger partial charge in [0, 0.05) is 17.5 Å². The van der Waals surface area contributed by atoms with Gasteiger partial charge in [0.15, 0.2) is 0 Å². The number of aliphatic hydroxyl groups is 1. The highest BCUT2D eigenvalue weighted by Crippen LogP contribution is 2.43. The summed E-state index contributed by atoms with van der Waals surface area (Å²) in [5, 5.41) is 21.2. The Morgan fingerprint density at radius 3 is 2.56 bits per heavy atom. The van der Waals surface area contributed by atoms with Crippen LogP contribution >= 0.6 is 0 Å². The van der Waals surface area contributed by atoms with Gasteiger partial charge in [0.2, 0.25) is 0 Å². The molecule has 3 heteroatoms. The van der Waals surface area contributed by atoms with Crippen molar-refractivity contribution in [2.45, 2.75) is 52.2 Å². The Hall–Kier alpha value is -2.52. The molecule has 1 heterocycles. The van der Waals surface area contributed by atoms with Crippen LogP contribution < -0.4 is 4.74 Å². The largest absolute Gasteiger partial charge is 0.507 e. The van der Waals surface area contributed by atoms with Crippen LogP contribution in [0.25, 0.3) is 12.2 Å². The van der Waals surface area contributed by atoms with E-state index in [0.29, 0.717) is 18.6 Å². The van der Waals surface area contributed by atoms with E-state index in [1.54, 1.807) is 6.07 Å². The van der Waals surface area contributed by atoms with Gasteiger partial charge in [-0.2, -0.15) is 0 Å². The van der Waals surface area contributed by atoms with Gasteiger partial charge in [-0.05, 0) is 51.3 Å². The second-order valence-electron chi connectivity index (χ2n) is 7.93. The van der Waals surface area contributed by atoms with Crippen molar-refractivity contribution in [1.82, 2.24) is 0 Å². The van der Waals surface area contributed by atoms with E-state index in [1.807, 2.05) is 70.2 Å². The summed E-state index contributed by atoms with van der Waals surface area (Å²) in [6.45, 7) is 7.84. The molecule has 1 aliphatic heterocycles. The van der Waals surface area contributed by atoms with Crippen molar-refractivity contribution in [3.63, 3.8) is 0 Å². The number of hydrogen-bond acceptors (Lipinski definition) is 3. The number of rotatable bonds is 4. The van der Waals surface area contributed by atoms with Gasteiger partial charge in [0.25, 0.3) is 0 Å². The predicted molar refractivity (Wildman–Crippen MR) is 111 cm³/mol. The lowest BCUT2D eigenvalue weighted by Crippen LogP contribution is -2.46. The fraction of sp³-hybridized carbons (Fsp3) is 0.333. The molecule has 0 spiro atoms. The summed E-state index contributed by atoms with van der Waals surface area (Å²) in [6.07, 6.45) is 6.57. The third-order valence-electron chi connectivity index (χ3n) is 5.03. The number of ether oxygens (including phenoxy) is 1. The summed E-state index contributed by atoms with van der Waals surface area (Å²) < 4.78 is 6.20. The number of hydrogen-bond donors (Lipinski definition) is 2. The minimum absolute atomic E-state index is 0.228. The topological polar surface area (TPSA) is 49.7 Å². The van der Waals surface area contributed by atoms with Crippen molar-refractivity contribution in [2.24, 2.45) is 0 Å². The fourth-order valence-electron chi connectivity index (χ4n) is 3.26. The number of aliphatic hydroxyl groups excluding tert-OH is 1. The van der Waals surface area contributed by atoms with E-state index in [-0.39, 0.29) is 5.75 Å². The quantitative estimate of drug-likeness (QED) is 0.583. The molecule has 0 unspecified atom stereocenters.